The Kier molecular flexibility index (Phi) is 6.19. The normalized spacial score (nSPS) is 8.36. The Morgan fingerprint density at radius 3 is 2.55 bits per heavy atom. The van der Waals surface area contributed by atoms with Gasteiger partial charge in [-0.3, -0.25) is 0 Å². The summed E-state index contributed by atoms with van der Waals surface area (Å²) in [6.45, 7) is 3.56. The summed E-state index contributed by atoms with van der Waals surface area (Å²) >= 11 is 0. The second-order valence-corrected chi connectivity index (χ2v) is 2.10. The van der Waals surface area contributed by atoms with Gasteiger partial charge in [0, 0.05) is 0 Å². The van der Waals surface area contributed by atoms with Gasteiger partial charge in [-0.1, -0.05) is 35.9 Å². The van der Waals surface area contributed by atoms with Crippen LogP contribution in [0.4, 0.5) is 0 Å². The molecule has 0 N–H and O–H groups in total. The van der Waals surface area contributed by atoms with Gasteiger partial charge in [0.1, 0.15) is 0 Å². The Balaban J connectivity index is 0.000001000. The molecule has 0 fully saturated rings. The molecule has 0 saturated heterocycles. The van der Waals surface area contributed by atoms with Crippen molar-refractivity contribution in [2.75, 3.05) is 0 Å². The molecule has 0 aromatic heterocycles. The van der Waals surface area contributed by atoms with Gasteiger partial charge in [-0.2, -0.15) is 0 Å². The Morgan fingerprint density at radius 1 is 1.36 bits per heavy atom. The van der Waals surface area contributed by atoms with Gasteiger partial charge in [-0.25, -0.2) is 0 Å². The van der Waals surface area contributed by atoms with Gasteiger partial charge in [-0.05, 0) is 6.42 Å². The summed E-state index contributed by atoms with van der Waals surface area (Å²) in [6.07, 6.45) is 2.40. The maximum Gasteiger partial charge on any atom is 1.00 e. The molecule has 0 radical (unpaired) electrons. The molecule has 0 aliphatic rings. The molecule has 11 heavy (non-hydrogen) atoms. The van der Waals surface area contributed by atoms with Crippen LogP contribution in [0.3, 0.4) is 0 Å². The van der Waals surface area contributed by atoms with E-state index >= 15 is 0 Å². The molecule has 0 atom stereocenters. The van der Waals surface area contributed by atoms with Crippen molar-refractivity contribution in [1.82, 2.24) is 0 Å². The van der Waals surface area contributed by atoms with E-state index in [1.165, 1.54) is 0 Å². The molecule has 0 unspecified atom stereocenters. The average Bonchev–Trinajstić information content (AvgIpc) is 1.94. The van der Waals surface area contributed by atoms with Crippen LogP contribution in [0.2, 0.25) is 0 Å². The summed E-state index contributed by atoms with van der Waals surface area (Å²) in [5.74, 6) is 0.0994. The standard InChI is InChI=1S/C9H10O.K/c1-2-5-8-6-3-4-7-9(8)10;/h2-4,6-7,10H,1,5H2;/q;+1/p-1. The molecule has 0 aliphatic carbocycles. The molecule has 0 saturated carbocycles. The number of hydrogen-bond acceptors (Lipinski definition) is 1. The van der Waals surface area contributed by atoms with Gasteiger partial charge in [0.25, 0.3) is 0 Å². The minimum absolute atomic E-state index is 0. The molecule has 2 heteroatoms. The van der Waals surface area contributed by atoms with Crippen LogP contribution in [-0.2, 0) is 6.42 Å². The van der Waals surface area contributed by atoms with E-state index in [4.69, 9.17) is 0 Å². The van der Waals surface area contributed by atoms with E-state index in [9.17, 15) is 5.11 Å². The van der Waals surface area contributed by atoms with E-state index in [1.807, 2.05) is 12.1 Å². The van der Waals surface area contributed by atoms with Crippen molar-refractivity contribution in [2.45, 2.75) is 6.42 Å². The van der Waals surface area contributed by atoms with Gasteiger partial charge in [0.2, 0.25) is 0 Å². The van der Waals surface area contributed by atoms with Crippen molar-refractivity contribution in [3.8, 4) is 5.75 Å². The molecular weight excluding hydrogens is 163 g/mol. The SMILES string of the molecule is C=CCc1ccccc1[O-].[K+]. The van der Waals surface area contributed by atoms with E-state index in [1.54, 1.807) is 18.2 Å². The third-order valence-electron chi connectivity index (χ3n) is 1.34. The van der Waals surface area contributed by atoms with E-state index in [-0.39, 0.29) is 57.1 Å². The molecule has 1 aromatic carbocycles. The summed E-state index contributed by atoms with van der Waals surface area (Å²) in [6, 6.07) is 7.00. The Bertz CT molecular complexity index is 233. The van der Waals surface area contributed by atoms with Crippen LogP contribution in [0.25, 0.3) is 0 Å². The van der Waals surface area contributed by atoms with Crippen molar-refractivity contribution in [1.29, 1.82) is 0 Å². The quantitative estimate of drug-likeness (QED) is 0.393. The average molecular weight is 172 g/mol. The first kappa shape index (κ1) is 11.4. The molecule has 1 nitrogen and oxygen atoms in total. The van der Waals surface area contributed by atoms with Gasteiger partial charge in [0.15, 0.2) is 0 Å². The Hall–Kier alpha value is 0.396. The Labute approximate surface area is 110 Å². The van der Waals surface area contributed by atoms with Crippen molar-refractivity contribution in [3.63, 3.8) is 0 Å². The molecule has 1 aromatic rings. The van der Waals surface area contributed by atoms with Gasteiger partial charge >= 0.3 is 51.4 Å². The third kappa shape index (κ3) is 3.54. The Morgan fingerprint density at radius 2 is 2.00 bits per heavy atom. The first-order chi connectivity index (χ1) is 4.84. The van der Waals surface area contributed by atoms with Crippen LogP contribution >= 0.6 is 0 Å². The van der Waals surface area contributed by atoms with Crippen LogP contribution < -0.4 is 56.5 Å². The van der Waals surface area contributed by atoms with Gasteiger partial charge in [0.05, 0.1) is 0 Å². The van der Waals surface area contributed by atoms with Crippen molar-refractivity contribution < 1.29 is 56.5 Å². The van der Waals surface area contributed by atoms with Gasteiger partial charge in [-0.15, -0.1) is 12.3 Å². The van der Waals surface area contributed by atoms with Crippen LogP contribution in [-0.4, -0.2) is 0 Å². The van der Waals surface area contributed by atoms with E-state index in [0.717, 1.165) is 5.56 Å². The fourth-order valence-corrected chi connectivity index (χ4v) is 0.828. The number of hydrogen-bond donors (Lipinski definition) is 0. The summed E-state index contributed by atoms with van der Waals surface area (Å²) in [7, 11) is 0. The monoisotopic (exact) mass is 172 g/mol. The van der Waals surface area contributed by atoms with Crippen LogP contribution in [0, 0.1) is 0 Å². The smallest absolute Gasteiger partial charge is 0.872 e. The number of para-hydroxylation sites is 1. The summed E-state index contributed by atoms with van der Waals surface area (Å²) in [4.78, 5) is 0. The van der Waals surface area contributed by atoms with E-state index < -0.39 is 0 Å². The second-order valence-electron chi connectivity index (χ2n) is 2.10. The van der Waals surface area contributed by atoms with Crippen molar-refractivity contribution in [2.24, 2.45) is 0 Å². The topological polar surface area (TPSA) is 23.1 Å². The summed E-state index contributed by atoms with van der Waals surface area (Å²) in [5, 5.41) is 11.0. The maximum atomic E-state index is 11.0. The van der Waals surface area contributed by atoms with E-state index in [0.29, 0.717) is 6.42 Å². The fourth-order valence-electron chi connectivity index (χ4n) is 0.828. The fraction of sp³-hybridized carbons (Fsp3) is 0.111. The third-order valence-corrected chi connectivity index (χ3v) is 1.34. The van der Waals surface area contributed by atoms with Crippen LogP contribution in [0.5, 0.6) is 5.75 Å². The molecule has 0 amide bonds. The molecule has 0 aliphatic heterocycles. The zero-order valence-electron chi connectivity index (χ0n) is 6.71. The van der Waals surface area contributed by atoms with Crippen molar-refractivity contribution >= 4 is 0 Å². The van der Waals surface area contributed by atoms with E-state index in [2.05, 4.69) is 6.58 Å². The summed E-state index contributed by atoms with van der Waals surface area (Å²) < 4.78 is 0. The van der Waals surface area contributed by atoms with Gasteiger partial charge < -0.3 is 5.11 Å². The number of rotatable bonds is 2. The number of allylic oxidation sites excluding steroid dienone is 1. The van der Waals surface area contributed by atoms with Crippen molar-refractivity contribution in [3.05, 3.63) is 42.5 Å². The molecule has 0 bridgehead atoms. The summed E-state index contributed by atoms with van der Waals surface area (Å²) in [5.41, 5.74) is 0.817. The first-order valence-corrected chi connectivity index (χ1v) is 3.20. The predicted molar refractivity (Wildman–Crippen MR) is 39.8 cm³/mol. The molecule has 52 valence electrons. The maximum absolute atomic E-state index is 11.0. The molecule has 1 rings (SSSR count). The predicted octanol–water partition coefficient (Wildman–Crippen LogP) is -1.51. The molecule has 0 spiro atoms. The molecular formula is C9H9KO. The largest absolute Gasteiger partial charge is 1.00 e. The zero-order chi connectivity index (χ0) is 7.40. The minimum Gasteiger partial charge on any atom is -0.872 e. The minimum atomic E-state index is 0. The van der Waals surface area contributed by atoms with Crippen LogP contribution in [0.15, 0.2) is 36.9 Å². The van der Waals surface area contributed by atoms with Crippen LogP contribution in [0.1, 0.15) is 5.56 Å². The molecule has 0 heterocycles. The zero-order valence-corrected chi connectivity index (χ0v) is 9.83. The first-order valence-electron chi connectivity index (χ1n) is 3.20. The second kappa shape index (κ2) is 5.97. The number of benzene rings is 1.